The Kier molecular flexibility index (Phi) is 4.79. The summed E-state index contributed by atoms with van der Waals surface area (Å²) in [7, 11) is 2.05. The third-order valence-corrected chi connectivity index (χ3v) is 2.35. The Labute approximate surface area is 92.5 Å². The number of aliphatic hydroxyl groups excluding tert-OH is 1. The van der Waals surface area contributed by atoms with Crippen molar-refractivity contribution in [3.05, 3.63) is 35.9 Å². The predicted octanol–water partition coefficient (Wildman–Crippen LogP) is 2.31. The van der Waals surface area contributed by atoms with Crippen LogP contribution in [0.2, 0.25) is 0 Å². The quantitative estimate of drug-likeness (QED) is 0.801. The number of likely N-dealkylation sites (N-methyl/N-ethyl adjacent to an activating group) is 1. The summed E-state index contributed by atoms with van der Waals surface area (Å²) in [6, 6.07) is 9.82. The third kappa shape index (κ3) is 4.45. The highest BCUT2D eigenvalue weighted by molar-refractivity contribution is 5.17. The van der Waals surface area contributed by atoms with Gasteiger partial charge in [0, 0.05) is 13.1 Å². The second-order valence-corrected chi connectivity index (χ2v) is 4.54. The fourth-order valence-electron chi connectivity index (χ4n) is 1.77. The Bertz CT molecular complexity index is 271. The van der Waals surface area contributed by atoms with E-state index in [0.717, 1.165) is 12.1 Å². The smallest absolute Gasteiger partial charge is 0.0916 e. The molecule has 1 aromatic carbocycles. The lowest BCUT2D eigenvalue weighted by Crippen LogP contribution is -2.28. The van der Waals surface area contributed by atoms with Gasteiger partial charge in [0.15, 0.2) is 0 Å². The first kappa shape index (κ1) is 12.2. The van der Waals surface area contributed by atoms with E-state index in [2.05, 4.69) is 18.7 Å². The van der Waals surface area contributed by atoms with Gasteiger partial charge in [-0.2, -0.15) is 0 Å². The van der Waals surface area contributed by atoms with Crippen LogP contribution in [0.1, 0.15) is 25.5 Å². The molecule has 84 valence electrons. The molecule has 1 aromatic rings. The van der Waals surface area contributed by atoms with Gasteiger partial charge in [-0.1, -0.05) is 44.2 Å². The highest BCUT2D eigenvalue weighted by Gasteiger charge is 2.10. The molecule has 0 aliphatic rings. The first-order chi connectivity index (χ1) is 7.09. The van der Waals surface area contributed by atoms with Gasteiger partial charge >= 0.3 is 0 Å². The fourth-order valence-corrected chi connectivity index (χ4v) is 1.77. The summed E-state index contributed by atoms with van der Waals surface area (Å²) in [5, 5.41) is 9.96. The molecule has 15 heavy (non-hydrogen) atoms. The average molecular weight is 207 g/mol. The number of hydrogen-bond acceptors (Lipinski definition) is 2. The molecule has 0 spiro atoms. The minimum Gasteiger partial charge on any atom is -0.387 e. The molecule has 1 N–H and O–H groups in total. The van der Waals surface area contributed by atoms with Crippen molar-refractivity contribution >= 4 is 0 Å². The van der Waals surface area contributed by atoms with Crippen LogP contribution in [0, 0.1) is 5.92 Å². The third-order valence-electron chi connectivity index (χ3n) is 2.35. The molecule has 0 aliphatic heterocycles. The van der Waals surface area contributed by atoms with Crippen molar-refractivity contribution in [2.75, 3.05) is 20.1 Å². The van der Waals surface area contributed by atoms with Gasteiger partial charge in [-0.25, -0.2) is 0 Å². The van der Waals surface area contributed by atoms with Crippen LogP contribution in [0.3, 0.4) is 0 Å². The highest BCUT2D eigenvalue weighted by Crippen LogP contribution is 2.13. The fraction of sp³-hybridized carbons (Fsp3) is 0.538. The van der Waals surface area contributed by atoms with Gasteiger partial charge in [-0.15, -0.1) is 0 Å². The predicted molar refractivity (Wildman–Crippen MR) is 63.7 cm³/mol. The van der Waals surface area contributed by atoms with Gasteiger partial charge in [-0.05, 0) is 18.5 Å². The van der Waals surface area contributed by atoms with Crippen molar-refractivity contribution in [3.8, 4) is 0 Å². The molecule has 0 aromatic heterocycles. The zero-order chi connectivity index (χ0) is 11.3. The maximum atomic E-state index is 9.96. The van der Waals surface area contributed by atoms with E-state index in [1.807, 2.05) is 37.4 Å². The number of hydrogen-bond donors (Lipinski definition) is 1. The summed E-state index contributed by atoms with van der Waals surface area (Å²) < 4.78 is 0. The van der Waals surface area contributed by atoms with E-state index in [-0.39, 0.29) is 6.10 Å². The number of nitrogens with zero attached hydrogens (tertiary/aromatic N) is 1. The van der Waals surface area contributed by atoms with Gasteiger partial charge in [-0.3, -0.25) is 0 Å². The molecule has 0 saturated carbocycles. The summed E-state index contributed by atoms with van der Waals surface area (Å²) in [5.41, 5.74) is 0.994. The summed E-state index contributed by atoms with van der Waals surface area (Å²) in [6.45, 7) is 6.09. The Balaban J connectivity index is 2.45. The van der Waals surface area contributed by atoms with E-state index in [9.17, 15) is 5.11 Å². The molecule has 1 unspecified atom stereocenters. The minimum atomic E-state index is -0.380. The molecule has 0 fully saturated rings. The van der Waals surface area contributed by atoms with E-state index < -0.39 is 0 Å². The largest absolute Gasteiger partial charge is 0.387 e. The van der Waals surface area contributed by atoms with Crippen molar-refractivity contribution in [1.82, 2.24) is 4.90 Å². The zero-order valence-electron chi connectivity index (χ0n) is 9.85. The maximum absolute atomic E-state index is 9.96. The van der Waals surface area contributed by atoms with Crippen LogP contribution in [-0.2, 0) is 0 Å². The lowest BCUT2D eigenvalue weighted by Gasteiger charge is -2.22. The summed E-state index contributed by atoms with van der Waals surface area (Å²) >= 11 is 0. The van der Waals surface area contributed by atoms with Crippen molar-refractivity contribution in [1.29, 1.82) is 0 Å². The molecule has 0 bridgehead atoms. The van der Waals surface area contributed by atoms with Gasteiger partial charge in [0.1, 0.15) is 0 Å². The normalized spacial score (nSPS) is 13.5. The molecule has 0 saturated heterocycles. The molecule has 2 heteroatoms. The van der Waals surface area contributed by atoms with Crippen molar-refractivity contribution < 1.29 is 5.11 Å². The Morgan fingerprint density at radius 3 is 2.27 bits per heavy atom. The molecule has 2 nitrogen and oxygen atoms in total. The maximum Gasteiger partial charge on any atom is 0.0916 e. The van der Waals surface area contributed by atoms with Crippen LogP contribution in [-0.4, -0.2) is 30.1 Å². The second kappa shape index (κ2) is 5.89. The number of benzene rings is 1. The van der Waals surface area contributed by atoms with Gasteiger partial charge in [0.05, 0.1) is 6.10 Å². The molecule has 0 amide bonds. The second-order valence-electron chi connectivity index (χ2n) is 4.54. The van der Waals surface area contributed by atoms with E-state index in [0.29, 0.717) is 12.5 Å². The molecular weight excluding hydrogens is 186 g/mol. The minimum absolute atomic E-state index is 0.380. The standard InChI is InChI=1S/C13H21NO/c1-11(2)9-14(3)10-13(15)12-7-5-4-6-8-12/h4-8,11,13,15H,9-10H2,1-3H3. The molecule has 0 aliphatic carbocycles. The Hall–Kier alpha value is -0.860. The van der Waals surface area contributed by atoms with E-state index in [4.69, 9.17) is 0 Å². The number of aliphatic hydroxyl groups is 1. The van der Waals surface area contributed by atoms with Crippen LogP contribution in [0.5, 0.6) is 0 Å². The summed E-state index contributed by atoms with van der Waals surface area (Å²) in [5.74, 6) is 0.637. The molecule has 0 heterocycles. The van der Waals surface area contributed by atoms with Crippen LogP contribution in [0.25, 0.3) is 0 Å². The Morgan fingerprint density at radius 1 is 1.13 bits per heavy atom. The topological polar surface area (TPSA) is 23.5 Å². The average Bonchev–Trinajstić information content (AvgIpc) is 2.17. The molecular formula is C13H21NO. The van der Waals surface area contributed by atoms with Gasteiger partial charge in [0.2, 0.25) is 0 Å². The summed E-state index contributed by atoms with van der Waals surface area (Å²) in [6.07, 6.45) is -0.380. The SMILES string of the molecule is CC(C)CN(C)CC(O)c1ccccc1. The first-order valence-electron chi connectivity index (χ1n) is 5.51. The summed E-state index contributed by atoms with van der Waals surface area (Å²) in [4.78, 5) is 2.17. The van der Waals surface area contributed by atoms with Crippen LogP contribution >= 0.6 is 0 Å². The van der Waals surface area contributed by atoms with E-state index in [1.54, 1.807) is 0 Å². The van der Waals surface area contributed by atoms with Crippen molar-refractivity contribution in [2.45, 2.75) is 20.0 Å². The van der Waals surface area contributed by atoms with Gasteiger partial charge in [0.25, 0.3) is 0 Å². The molecule has 0 radical (unpaired) electrons. The van der Waals surface area contributed by atoms with Crippen LogP contribution in [0.15, 0.2) is 30.3 Å². The monoisotopic (exact) mass is 207 g/mol. The zero-order valence-corrected chi connectivity index (χ0v) is 9.85. The van der Waals surface area contributed by atoms with Crippen LogP contribution in [0.4, 0.5) is 0 Å². The lowest BCUT2D eigenvalue weighted by atomic mass is 10.1. The molecule has 1 atom stereocenters. The molecule has 1 rings (SSSR count). The van der Waals surface area contributed by atoms with Crippen molar-refractivity contribution in [3.63, 3.8) is 0 Å². The van der Waals surface area contributed by atoms with E-state index >= 15 is 0 Å². The van der Waals surface area contributed by atoms with Crippen LogP contribution < -0.4 is 0 Å². The van der Waals surface area contributed by atoms with Crippen molar-refractivity contribution in [2.24, 2.45) is 5.92 Å². The highest BCUT2D eigenvalue weighted by atomic mass is 16.3. The Morgan fingerprint density at radius 2 is 1.73 bits per heavy atom. The first-order valence-corrected chi connectivity index (χ1v) is 5.51. The lowest BCUT2D eigenvalue weighted by molar-refractivity contribution is 0.121. The number of rotatable bonds is 5. The van der Waals surface area contributed by atoms with Gasteiger partial charge < -0.3 is 10.0 Å². The van der Waals surface area contributed by atoms with E-state index in [1.165, 1.54) is 0 Å².